The number of benzene rings is 2. The Kier molecular flexibility index (Phi) is 6.89. The van der Waals surface area contributed by atoms with E-state index in [2.05, 4.69) is 10.6 Å². The van der Waals surface area contributed by atoms with Gasteiger partial charge in [-0.1, -0.05) is 26.8 Å². The van der Waals surface area contributed by atoms with E-state index in [-0.39, 0.29) is 30.7 Å². The van der Waals surface area contributed by atoms with Crippen LogP contribution >= 0.6 is 0 Å². The summed E-state index contributed by atoms with van der Waals surface area (Å²) in [7, 11) is 0. The molecular formula is C21H23F3N2O3. The van der Waals surface area contributed by atoms with E-state index in [4.69, 9.17) is 4.74 Å². The molecule has 0 atom stereocenters. The van der Waals surface area contributed by atoms with Crippen molar-refractivity contribution in [2.45, 2.75) is 26.9 Å². The highest BCUT2D eigenvalue weighted by atomic mass is 19.4. The number of rotatable bonds is 6. The topological polar surface area (TPSA) is 67.4 Å². The number of anilines is 1. The van der Waals surface area contributed by atoms with Gasteiger partial charge in [-0.05, 0) is 42.5 Å². The number of ether oxygens (including phenoxy) is 1. The molecule has 0 aliphatic carbocycles. The van der Waals surface area contributed by atoms with Gasteiger partial charge in [-0.25, -0.2) is 0 Å². The third-order valence-corrected chi connectivity index (χ3v) is 3.90. The first-order valence-corrected chi connectivity index (χ1v) is 8.96. The molecule has 0 bridgehead atoms. The summed E-state index contributed by atoms with van der Waals surface area (Å²) in [5, 5.41) is 5.42. The summed E-state index contributed by atoms with van der Waals surface area (Å²) in [6.07, 6.45) is -4.40. The Morgan fingerprint density at radius 2 is 1.66 bits per heavy atom. The molecule has 0 spiro atoms. The van der Waals surface area contributed by atoms with Gasteiger partial charge in [0, 0.05) is 16.7 Å². The predicted molar refractivity (Wildman–Crippen MR) is 104 cm³/mol. The van der Waals surface area contributed by atoms with Crippen molar-refractivity contribution in [3.8, 4) is 5.75 Å². The van der Waals surface area contributed by atoms with Crippen LogP contribution in [0.25, 0.3) is 0 Å². The summed E-state index contributed by atoms with van der Waals surface area (Å²) >= 11 is 0. The van der Waals surface area contributed by atoms with Crippen LogP contribution in [0.5, 0.6) is 5.75 Å². The van der Waals surface area contributed by atoms with Crippen LogP contribution in [0.2, 0.25) is 0 Å². The fourth-order valence-electron chi connectivity index (χ4n) is 2.23. The second kappa shape index (κ2) is 8.98. The lowest BCUT2D eigenvalue weighted by Gasteiger charge is -2.18. The van der Waals surface area contributed by atoms with E-state index in [1.54, 1.807) is 45.0 Å². The molecule has 0 saturated heterocycles. The first-order chi connectivity index (χ1) is 13.5. The zero-order chi connectivity index (χ0) is 21.7. The summed E-state index contributed by atoms with van der Waals surface area (Å²) in [6.45, 7) is 5.62. The molecule has 2 aromatic rings. The van der Waals surface area contributed by atoms with Crippen molar-refractivity contribution in [3.05, 3.63) is 59.7 Å². The number of carbonyl (C=O) groups excluding carboxylic acids is 2. The van der Waals surface area contributed by atoms with E-state index in [9.17, 15) is 22.8 Å². The number of carbonyl (C=O) groups is 2. The van der Waals surface area contributed by atoms with Crippen molar-refractivity contribution in [2.75, 3.05) is 18.5 Å². The average molecular weight is 408 g/mol. The number of halogens is 3. The molecule has 29 heavy (non-hydrogen) atoms. The van der Waals surface area contributed by atoms with Crippen molar-refractivity contribution in [1.82, 2.24) is 5.32 Å². The quantitative estimate of drug-likeness (QED) is 0.692. The maximum atomic E-state index is 12.5. The molecular weight excluding hydrogens is 385 g/mol. The SMILES string of the molecule is CC(C)(C)C(=O)Nc1cccc(C(=O)NCCOc2ccc(C(F)(F)F)cc2)c1. The third kappa shape index (κ3) is 6.81. The molecule has 0 fully saturated rings. The number of nitrogens with one attached hydrogen (secondary N) is 2. The highest BCUT2D eigenvalue weighted by Crippen LogP contribution is 2.30. The van der Waals surface area contributed by atoms with Crippen LogP contribution in [-0.4, -0.2) is 25.0 Å². The van der Waals surface area contributed by atoms with Crippen LogP contribution in [0, 0.1) is 5.41 Å². The van der Waals surface area contributed by atoms with E-state index in [1.807, 2.05) is 0 Å². The zero-order valence-corrected chi connectivity index (χ0v) is 16.4. The molecule has 2 amide bonds. The summed E-state index contributed by atoms with van der Waals surface area (Å²) in [5.74, 6) is -0.244. The molecule has 0 radical (unpaired) electrons. The Balaban J connectivity index is 1.84. The van der Waals surface area contributed by atoms with Gasteiger partial charge < -0.3 is 15.4 Å². The van der Waals surface area contributed by atoms with Gasteiger partial charge in [-0.15, -0.1) is 0 Å². The molecule has 2 N–H and O–H groups in total. The largest absolute Gasteiger partial charge is 0.492 e. The monoisotopic (exact) mass is 408 g/mol. The third-order valence-electron chi connectivity index (χ3n) is 3.90. The standard InChI is InChI=1S/C21H23F3N2O3/c1-20(2,3)19(28)26-16-6-4-5-14(13-16)18(27)25-11-12-29-17-9-7-15(8-10-17)21(22,23)24/h4-10,13H,11-12H2,1-3H3,(H,25,27)(H,26,28). The molecule has 0 aliphatic rings. The lowest BCUT2D eigenvalue weighted by Crippen LogP contribution is -2.29. The van der Waals surface area contributed by atoms with Crippen molar-refractivity contribution in [3.63, 3.8) is 0 Å². The molecule has 2 aromatic carbocycles. The lowest BCUT2D eigenvalue weighted by atomic mass is 9.95. The average Bonchev–Trinajstić information content (AvgIpc) is 2.64. The van der Waals surface area contributed by atoms with Crippen molar-refractivity contribution >= 4 is 17.5 Å². The van der Waals surface area contributed by atoms with E-state index < -0.39 is 17.2 Å². The number of amides is 2. The van der Waals surface area contributed by atoms with Gasteiger partial charge in [0.25, 0.3) is 5.91 Å². The molecule has 0 heterocycles. The van der Waals surface area contributed by atoms with Gasteiger partial charge in [0.15, 0.2) is 0 Å². The Labute approximate surface area is 167 Å². The van der Waals surface area contributed by atoms with E-state index >= 15 is 0 Å². The van der Waals surface area contributed by atoms with Crippen LogP contribution in [0.4, 0.5) is 18.9 Å². The summed E-state index contributed by atoms with van der Waals surface area (Å²) in [5.41, 5.74) is -0.435. The Bertz CT molecular complexity index is 857. The second-order valence-electron chi connectivity index (χ2n) is 7.41. The fraction of sp³-hybridized carbons (Fsp3) is 0.333. The molecule has 0 unspecified atom stereocenters. The smallest absolute Gasteiger partial charge is 0.416 e. The van der Waals surface area contributed by atoms with Crippen LogP contribution in [-0.2, 0) is 11.0 Å². The maximum Gasteiger partial charge on any atom is 0.416 e. The van der Waals surface area contributed by atoms with Crippen molar-refractivity contribution in [2.24, 2.45) is 5.41 Å². The Morgan fingerprint density at radius 1 is 1.00 bits per heavy atom. The maximum absolute atomic E-state index is 12.5. The van der Waals surface area contributed by atoms with Gasteiger partial charge in [0.05, 0.1) is 12.1 Å². The number of hydrogen-bond acceptors (Lipinski definition) is 3. The minimum absolute atomic E-state index is 0.0948. The van der Waals surface area contributed by atoms with Crippen LogP contribution < -0.4 is 15.4 Å². The molecule has 0 saturated carbocycles. The highest BCUT2D eigenvalue weighted by molar-refractivity contribution is 5.98. The van der Waals surface area contributed by atoms with Gasteiger partial charge in [-0.2, -0.15) is 13.2 Å². The molecule has 0 aromatic heterocycles. The van der Waals surface area contributed by atoms with Crippen molar-refractivity contribution < 1.29 is 27.5 Å². The van der Waals surface area contributed by atoms with E-state index in [1.165, 1.54) is 12.1 Å². The first kappa shape index (κ1) is 22.3. The van der Waals surface area contributed by atoms with E-state index in [0.717, 1.165) is 12.1 Å². The van der Waals surface area contributed by atoms with Gasteiger partial charge >= 0.3 is 6.18 Å². The molecule has 8 heteroatoms. The molecule has 2 rings (SSSR count). The normalized spacial score (nSPS) is 11.7. The Hall–Kier alpha value is -3.03. The lowest BCUT2D eigenvalue weighted by molar-refractivity contribution is -0.137. The van der Waals surface area contributed by atoms with Gasteiger partial charge in [0.1, 0.15) is 12.4 Å². The van der Waals surface area contributed by atoms with Gasteiger partial charge in [-0.3, -0.25) is 9.59 Å². The number of hydrogen-bond donors (Lipinski definition) is 2. The van der Waals surface area contributed by atoms with Crippen LogP contribution in [0.15, 0.2) is 48.5 Å². The minimum atomic E-state index is -4.40. The minimum Gasteiger partial charge on any atom is -0.492 e. The highest BCUT2D eigenvalue weighted by Gasteiger charge is 2.30. The summed E-state index contributed by atoms with van der Waals surface area (Å²) < 4.78 is 42.9. The number of alkyl halides is 3. The Morgan fingerprint density at radius 3 is 2.24 bits per heavy atom. The second-order valence-corrected chi connectivity index (χ2v) is 7.41. The van der Waals surface area contributed by atoms with Crippen LogP contribution in [0.1, 0.15) is 36.7 Å². The van der Waals surface area contributed by atoms with E-state index in [0.29, 0.717) is 11.3 Å². The van der Waals surface area contributed by atoms with Crippen LogP contribution in [0.3, 0.4) is 0 Å². The zero-order valence-electron chi connectivity index (χ0n) is 16.4. The van der Waals surface area contributed by atoms with Gasteiger partial charge in [0.2, 0.25) is 5.91 Å². The predicted octanol–water partition coefficient (Wildman–Crippen LogP) is 4.50. The fourth-order valence-corrected chi connectivity index (χ4v) is 2.23. The van der Waals surface area contributed by atoms with Crippen molar-refractivity contribution in [1.29, 1.82) is 0 Å². The molecule has 0 aliphatic heterocycles. The molecule has 5 nitrogen and oxygen atoms in total. The summed E-state index contributed by atoms with van der Waals surface area (Å²) in [4.78, 5) is 24.3. The first-order valence-electron chi connectivity index (χ1n) is 8.96. The summed E-state index contributed by atoms with van der Waals surface area (Å²) in [6, 6.07) is 10.9. The molecule has 156 valence electrons.